The van der Waals surface area contributed by atoms with Gasteiger partial charge in [0, 0.05) is 5.02 Å². The minimum Gasteiger partial charge on any atom is -0.508 e. The molecule has 4 heteroatoms. The molecule has 0 bridgehead atoms. The highest BCUT2D eigenvalue weighted by Gasteiger charge is 2.14. The zero-order valence-electron chi connectivity index (χ0n) is 7.75. The summed E-state index contributed by atoms with van der Waals surface area (Å²) in [5.41, 5.74) is 0.663. The Morgan fingerprint density at radius 1 is 1.50 bits per heavy atom. The summed E-state index contributed by atoms with van der Waals surface area (Å²) in [6, 6.07) is 2.58. The third-order valence-electron chi connectivity index (χ3n) is 1.91. The molecule has 1 aromatic carbocycles. The van der Waals surface area contributed by atoms with Crippen LogP contribution in [0.2, 0.25) is 5.02 Å². The number of carboxylic acid groups (broad SMARTS) is 1. The molecule has 1 rings (SSSR count). The number of benzene rings is 1. The fourth-order valence-corrected chi connectivity index (χ4v) is 1.63. The predicted molar refractivity (Wildman–Crippen MR) is 54.1 cm³/mol. The fourth-order valence-electron chi connectivity index (χ4n) is 1.32. The van der Waals surface area contributed by atoms with Crippen LogP contribution >= 0.6 is 11.6 Å². The molecular weight excluding hydrogens is 204 g/mol. The van der Waals surface area contributed by atoms with Crippen LogP contribution in [0.3, 0.4) is 0 Å². The van der Waals surface area contributed by atoms with Gasteiger partial charge in [0.15, 0.2) is 0 Å². The molecule has 0 unspecified atom stereocenters. The molecule has 0 amide bonds. The van der Waals surface area contributed by atoms with Crippen LogP contribution in [-0.4, -0.2) is 16.2 Å². The molecule has 0 fully saturated rings. The normalized spacial score (nSPS) is 10.1. The van der Waals surface area contributed by atoms with Gasteiger partial charge in [0.05, 0.1) is 5.56 Å². The van der Waals surface area contributed by atoms with Crippen molar-refractivity contribution in [1.29, 1.82) is 0 Å². The highest BCUT2D eigenvalue weighted by atomic mass is 35.5. The van der Waals surface area contributed by atoms with Gasteiger partial charge in [-0.1, -0.05) is 24.9 Å². The standard InChI is InChI=1S/C10H11ClO3/c1-2-3-7-8(10(13)14)4-6(12)5-9(7)11/h4-5,12H,2-3H2,1H3,(H,13,14). The number of hydrogen-bond donors (Lipinski definition) is 2. The van der Waals surface area contributed by atoms with E-state index < -0.39 is 5.97 Å². The van der Waals surface area contributed by atoms with E-state index in [1.54, 1.807) is 0 Å². The van der Waals surface area contributed by atoms with Gasteiger partial charge in [0.1, 0.15) is 5.75 Å². The van der Waals surface area contributed by atoms with E-state index in [4.69, 9.17) is 16.7 Å². The monoisotopic (exact) mass is 214 g/mol. The Bertz CT molecular complexity index is 361. The number of aromatic carboxylic acids is 1. The Labute approximate surface area is 86.9 Å². The Hall–Kier alpha value is -1.22. The van der Waals surface area contributed by atoms with E-state index in [-0.39, 0.29) is 11.3 Å². The molecule has 2 N–H and O–H groups in total. The van der Waals surface area contributed by atoms with Gasteiger partial charge in [0.25, 0.3) is 0 Å². The summed E-state index contributed by atoms with van der Waals surface area (Å²) in [5.74, 6) is -1.18. The molecule has 0 heterocycles. The van der Waals surface area contributed by atoms with Gasteiger partial charge < -0.3 is 10.2 Å². The maximum Gasteiger partial charge on any atom is 0.336 e. The summed E-state index contributed by atoms with van der Waals surface area (Å²) < 4.78 is 0. The number of halogens is 1. The number of aromatic hydroxyl groups is 1. The largest absolute Gasteiger partial charge is 0.508 e. The average Bonchev–Trinajstić information content (AvgIpc) is 2.09. The van der Waals surface area contributed by atoms with Crippen molar-refractivity contribution >= 4 is 17.6 Å². The van der Waals surface area contributed by atoms with Crippen molar-refractivity contribution in [2.75, 3.05) is 0 Å². The second-order valence-corrected chi connectivity index (χ2v) is 3.42. The molecule has 0 spiro atoms. The smallest absolute Gasteiger partial charge is 0.336 e. The van der Waals surface area contributed by atoms with Crippen molar-refractivity contribution in [3.8, 4) is 5.75 Å². The zero-order valence-corrected chi connectivity index (χ0v) is 8.51. The topological polar surface area (TPSA) is 57.5 Å². The molecule has 1 aromatic rings. The molecule has 3 nitrogen and oxygen atoms in total. The molecule has 0 saturated carbocycles. The van der Waals surface area contributed by atoms with Crippen molar-refractivity contribution in [3.63, 3.8) is 0 Å². The van der Waals surface area contributed by atoms with Crippen LogP contribution in [0.1, 0.15) is 29.3 Å². The Morgan fingerprint density at radius 2 is 2.14 bits per heavy atom. The number of carboxylic acids is 1. The number of phenolic OH excluding ortho intramolecular Hbond substituents is 1. The van der Waals surface area contributed by atoms with Gasteiger partial charge in [-0.15, -0.1) is 0 Å². The SMILES string of the molecule is CCCc1c(Cl)cc(O)cc1C(=O)O. The molecule has 0 aliphatic heterocycles. The van der Waals surface area contributed by atoms with E-state index in [0.29, 0.717) is 17.0 Å². The Morgan fingerprint density at radius 3 is 2.64 bits per heavy atom. The fraction of sp³-hybridized carbons (Fsp3) is 0.300. The van der Waals surface area contributed by atoms with E-state index in [1.165, 1.54) is 12.1 Å². The van der Waals surface area contributed by atoms with Crippen LogP contribution in [0.15, 0.2) is 12.1 Å². The summed E-state index contributed by atoms with van der Waals surface area (Å²) in [4.78, 5) is 10.8. The summed E-state index contributed by atoms with van der Waals surface area (Å²) in [6.45, 7) is 1.94. The predicted octanol–water partition coefficient (Wildman–Crippen LogP) is 2.70. The van der Waals surface area contributed by atoms with E-state index in [2.05, 4.69) is 0 Å². The number of rotatable bonds is 3. The molecule has 0 atom stereocenters. The third-order valence-corrected chi connectivity index (χ3v) is 2.25. The van der Waals surface area contributed by atoms with Gasteiger partial charge in [-0.05, 0) is 24.1 Å². The maximum absolute atomic E-state index is 10.8. The lowest BCUT2D eigenvalue weighted by Crippen LogP contribution is -2.03. The molecule has 0 saturated heterocycles. The lowest BCUT2D eigenvalue weighted by molar-refractivity contribution is 0.0695. The third kappa shape index (κ3) is 2.17. The first-order valence-corrected chi connectivity index (χ1v) is 4.68. The zero-order chi connectivity index (χ0) is 10.7. The van der Waals surface area contributed by atoms with Crippen LogP contribution in [-0.2, 0) is 6.42 Å². The minimum atomic E-state index is -1.06. The molecule has 0 aromatic heterocycles. The number of carbonyl (C=O) groups is 1. The summed E-state index contributed by atoms with van der Waals surface area (Å²) >= 11 is 5.83. The van der Waals surface area contributed by atoms with Crippen LogP contribution in [0, 0.1) is 0 Å². The van der Waals surface area contributed by atoms with Crippen LogP contribution < -0.4 is 0 Å². The highest BCUT2D eigenvalue weighted by molar-refractivity contribution is 6.32. The minimum absolute atomic E-state index is 0.0804. The van der Waals surface area contributed by atoms with Gasteiger partial charge in [-0.3, -0.25) is 0 Å². The van der Waals surface area contributed by atoms with Crippen LogP contribution in [0.4, 0.5) is 0 Å². The molecular formula is C10H11ClO3. The molecule has 76 valence electrons. The van der Waals surface area contributed by atoms with E-state index in [0.717, 1.165) is 6.42 Å². The summed E-state index contributed by atoms with van der Waals surface area (Å²) in [7, 11) is 0. The molecule has 0 radical (unpaired) electrons. The average molecular weight is 215 g/mol. The quantitative estimate of drug-likeness (QED) is 0.814. The van der Waals surface area contributed by atoms with Crippen molar-refractivity contribution in [1.82, 2.24) is 0 Å². The molecule has 0 aliphatic rings. The highest BCUT2D eigenvalue weighted by Crippen LogP contribution is 2.27. The van der Waals surface area contributed by atoms with Gasteiger partial charge >= 0.3 is 5.97 Å². The van der Waals surface area contributed by atoms with Crippen molar-refractivity contribution < 1.29 is 15.0 Å². The molecule has 0 aliphatic carbocycles. The van der Waals surface area contributed by atoms with Crippen LogP contribution in [0.5, 0.6) is 5.75 Å². The lowest BCUT2D eigenvalue weighted by atomic mass is 10.0. The van der Waals surface area contributed by atoms with Gasteiger partial charge in [-0.25, -0.2) is 4.79 Å². The Balaban J connectivity index is 3.28. The van der Waals surface area contributed by atoms with Gasteiger partial charge in [-0.2, -0.15) is 0 Å². The van der Waals surface area contributed by atoms with E-state index in [9.17, 15) is 9.90 Å². The first-order valence-electron chi connectivity index (χ1n) is 4.31. The number of phenols is 1. The molecule has 14 heavy (non-hydrogen) atoms. The second-order valence-electron chi connectivity index (χ2n) is 3.01. The second kappa shape index (κ2) is 4.33. The van der Waals surface area contributed by atoms with Crippen molar-refractivity contribution in [3.05, 3.63) is 28.3 Å². The Kier molecular flexibility index (Phi) is 3.36. The first kappa shape index (κ1) is 10.9. The van der Waals surface area contributed by atoms with Crippen molar-refractivity contribution in [2.24, 2.45) is 0 Å². The summed E-state index contributed by atoms with van der Waals surface area (Å²) in [6.07, 6.45) is 1.41. The van der Waals surface area contributed by atoms with Crippen LogP contribution in [0.25, 0.3) is 0 Å². The number of hydrogen-bond acceptors (Lipinski definition) is 2. The summed E-state index contributed by atoms with van der Waals surface area (Å²) in [5, 5.41) is 18.4. The van der Waals surface area contributed by atoms with E-state index in [1.807, 2.05) is 6.92 Å². The van der Waals surface area contributed by atoms with E-state index >= 15 is 0 Å². The van der Waals surface area contributed by atoms with Gasteiger partial charge in [0.2, 0.25) is 0 Å². The lowest BCUT2D eigenvalue weighted by Gasteiger charge is -2.07. The maximum atomic E-state index is 10.8. The first-order chi connectivity index (χ1) is 6.56. The van der Waals surface area contributed by atoms with Crippen molar-refractivity contribution in [2.45, 2.75) is 19.8 Å².